The summed E-state index contributed by atoms with van der Waals surface area (Å²) in [6, 6.07) is 3.35. The Hall–Kier alpha value is -1.75. The number of nitrogens with zero attached hydrogens (tertiary/aromatic N) is 2. The predicted octanol–water partition coefficient (Wildman–Crippen LogP) is 1.72. The number of nitrogens with two attached hydrogens (primary N) is 1. The molecule has 2 heterocycles. The van der Waals surface area contributed by atoms with Gasteiger partial charge in [-0.1, -0.05) is 11.6 Å². The van der Waals surface area contributed by atoms with E-state index >= 15 is 0 Å². The van der Waals surface area contributed by atoms with Gasteiger partial charge in [0.25, 0.3) is 0 Å². The smallest absolute Gasteiger partial charge is 0.224 e. The molecule has 3 N–H and O–H groups in total. The Balaban J connectivity index is 2.60. The van der Waals surface area contributed by atoms with Crippen LogP contribution in [0, 0.1) is 0 Å². The van der Waals surface area contributed by atoms with E-state index < -0.39 is 0 Å². The average molecular weight is 225 g/mol. The van der Waals surface area contributed by atoms with E-state index in [0.717, 1.165) is 0 Å². The molecule has 0 atom stereocenters. The second-order valence-corrected chi connectivity index (χ2v) is 3.29. The Kier molecular flexibility index (Phi) is 2.47. The molecule has 6 heteroatoms. The lowest BCUT2D eigenvalue weighted by Crippen LogP contribution is -1.92. The maximum atomic E-state index is 6.04. The molecule has 0 aliphatic heterocycles. The number of nitrogen functional groups attached to an aromatic ring is 1. The summed E-state index contributed by atoms with van der Waals surface area (Å²) in [5.41, 5.74) is 6.85. The fourth-order valence-corrected chi connectivity index (χ4v) is 1.52. The summed E-state index contributed by atoms with van der Waals surface area (Å²) >= 11 is 6.04. The van der Waals surface area contributed by atoms with Crippen molar-refractivity contribution in [1.82, 2.24) is 15.2 Å². The van der Waals surface area contributed by atoms with E-state index in [1.807, 2.05) is 0 Å². The topological polar surface area (TPSA) is 76.8 Å². The molecule has 0 aliphatic rings. The van der Waals surface area contributed by atoms with Crippen LogP contribution in [0.25, 0.3) is 11.3 Å². The number of aromatic amines is 1. The van der Waals surface area contributed by atoms with Crippen molar-refractivity contribution in [1.29, 1.82) is 0 Å². The number of pyridine rings is 1. The molecule has 0 spiro atoms. The van der Waals surface area contributed by atoms with Crippen LogP contribution in [0.4, 0.5) is 5.82 Å². The normalized spacial score (nSPS) is 10.3. The van der Waals surface area contributed by atoms with Gasteiger partial charge in [-0.2, -0.15) is 5.10 Å². The molecule has 0 bridgehead atoms. The fourth-order valence-electron chi connectivity index (χ4n) is 1.28. The fraction of sp³-hybridized carbons (Fsp3) is 0.111. The second kappa shape index (κ2) is 3.78. The Labute approximate surface area is 91.2 Å². The van der Waals surface area contributed by atoms with E-state index in [1.54, 1.807) is 18.3 Å². The number of nitrogens with one attached hydrogen (secondary N) is 1. The summed E-state index contributed by atoms with van der Waals surface area (Å²) in [7, 11) is 1.53. The molecule has 0 amide bonds. The molecule has 2 aromatic heterocycles. The van der Waals surface area contributed by atoms with Crippen molar-refractivity contribution in [3.05, 3.63) is 23.4 Å². The molecule has 0 radical (unpaired) electrons. The van der Waals surface area contributed by atoms with Crippen molar-refractivity contribution < 1.29 is 4.74 Å². The predicted molar refractivity (Wildman–Crippen MR) is 57.8 cm³/mol. The summed E-state index contributed by atoms with van der Waals surface area (Å²) in [6.45, 7) is 0. The molecule has 5 nitrogen and oxygen atoms in total. The lowest BCUT2D eigenvalue weighted by molar-refractivity contribution is 0.399. The summed E-state index contributed by atoms with van der Waals surface area (Å²) < 4.78 is 5.11. The van der Waals surface area contributed by atoms with Crippen LogP contribution in [0.1, 0.15) is 0 Å². The van der Waals surface area contributed by atoms with E-state index in [1.165, 1.54) is 7.11 Å². The number of hydrogen-bond acceptors (Lipinski definition) is 4. The number of anilines is 1. The maximum Gasteiger partial charge on any atom is 0.224 e. The van der Waals surface area contributed by atoms with Crippen LogP contribution < -0.4 is 10.5 Å². The number of rotatable bonds is 2. The Morgan fingerprint density at radius 2 is 2.33 bits per heavy atom. The van der Waals surface area contributed by atoms with Crippen molar-refractivity contribution in [3.8, 4) is 17.1 Å². The molecule has 0 saturated heterocycles. The van der Waals surface area contributed by atoms with Crippen LogP contribution >= 0.6 is 11.6 Å². The first-order valence-electron chi connectivity index (χ1n) is 4.22. The number of methoxy groups -OCH3 is 1. The van der Waals surface area contributed by atoms with Crippen LogP contribution in [0.5, 0.6) is 5.88 Å². The number of aromatic nitrogens is 3. The van der Waals surface area contributed by atoms with Crippen molar-refractivity contribution in [2.24, 2.45) is 0 Å². The molecule has 2 aromatic rings. The van der Waals surface area contributed by atoms with Gasteiger partial charge in [0, 0.05) is 12.3 Å². The molecule has 0 fully saturated rings. The highest BCUT2D eigenvalue weighted by atomic mass is 35.5. The molecular formula is C9H9ClN4O. The van der Waals surface area contributed by atoms with Gasteiger partial charge in [-0.25, -0.2) is 4.98 Å². The van der Waals surface area contributed by atoms with Crippen molar-refractivity contribution in [2.45, 2.75) is 0 Å². The van der Waals surface area contributed by atoms with Gasteiger partial charge in [-0.3, -0.25) is 5.10 Å². The van der Waals surface area contributed by atoms with Crippen LogP contribution in [0.15, 0.2) is 18.3 Å². The minimum Gasteiger partial charge on any atom is -0.480 e. The zero-order valence-electron chi connectivity index (χ0n) is 7.99. The average Bonchev–Trinajstić information content (AvgIpc) is 2.64. The van der Waals surface area contributed by atoms with E-state index in [9.17, 15) is 0 Å². The van der Waals surface area contributed by atoms with E-state index in [0.29, 0.717) is 28.0 Å². The summed E-state index contributed by atoms with van der Waals surface area (Å²) in [4.78, 5) is 4.05. The minimum atomic E-state index is 0.395. The quantitative estimate of drug-likeness (QED) is 0.814. The van der Waals surface area contributed by atoms with Gasteiger partial charge in [0.1, 0.15) is 5.82 Å². The largest absolute Gasteiger partial charge is 0.480 e. The number of H-pyrrole nitrogens is 1. The van der Waals surface area contributed by atoms with Crippen LogP contribution in [-0.2, 0) is 0 Å². The molecule has 15 heavy (non-hydrogen) atoms. The molecular weight excluding hydrogens is 216 g/mol. The third-order valence-corrected chi connectivity index (χ3v) is 2.24. The van der Waals surface area contributed by atoms with Crippen LogP contribution in [0.3, 0.4) is 0 Å². The van der Waals surface area contributed by atoms with Gasteiger partial charge in [-0.15, -0.1) is 0 Å². The first kappa shape index (κ1) is 9.79. The Morgan fingerprint density at radius 3 is 2.93 bits per heavy atom. The summed E-state index contributed by atoms with van der Waals surface area (Å²) in [5.74, 6) is 0.832. The zero-order valence-corrected chi connectivity index (χ0v) is 8.75. The minimum absolute atomic E-state index is 0.395. The lowest BCUT2D eigenvalue weighted by atomic mass is 10.2. The van der Waals surface area contributed by atoms with Crippen molar-refractivity contribution in [3.63, 3.8) is 0 Å². The SMILES string of the molecule is COc1nccc(Cl)c1-c1cc(N)n[nH]1. The number of ether oxygens (including phenoxy) is 1. The third-order valence-electron chi connectivity index (χ3n) is 1.93. The summed E-state index contributed by atoms with van der Waals surface area (Å²) in [6.07, 6.45) is 1.57. The highest BCUT2D eigenvalue weighted by molar-refractivity contribution is 6.33. The highest BCUT2D eigenvalue weighted by Gasteiger charge is 2.13. The van der Waals surface area contributed by atoms with Crippen molar-refractivity contribution in [2.75, 3.05) is 12.8 Å². The van der Waals surface area contributed by atoms with E-state index in [4.69, 9.17) is 22.1 Å². The molecule has 0 unspecified atom stereocenters. The van der Waals surface area contributed by atoms with Gasteiger partial charge in [0.15, 0.2) is 0 Å². The molecule has 0 aliphatic carbocycles. The number of halogens is 1. The standard InChI is InChI=1S/C9H9ClN4O/c1-15-9-8(5(10)2-3-12-9)6-4-7(11)14-13-6/h2-4H,1H3,(H3,11,13,14). The van der Waals surface area contributed by atoms with Gasteiger partial charge < -0.3 is 10.5 Å². The molecule has 78 valence electrons. The first-order valence-corrected chi connectivity index (χ1v) is 4.60. The van der Waals surface area contributed by atoms with Crippen LogP contribution in [-0.4, -0.2) is 22.3 Å². The third kappa shape index (κ3) is 1.73. The first-order chi connectivity index (χ1) is 7.22. The Bertz CT molecular complexity index is 483. The lowest BCUT2D eigenvalue weighted by Gasteiger charge is -2.06. The van der Waals surface area contributed by atoms with Crippen molar-refractivity contribution >= 4 is 17.4 Å². The van der Waals surface area contributed by atoms with Gasteiger partial charge in [0.05, 0.1) is 23.4 Å². The molecule has 0 aromatic carbocycles. The maximum absolute atomic E-state index is 6.04. The molecule has 0 saturated carbocycles. The summed E-state index contributed by atoms with van der Waals surface area (Å²) in [5, 5.41) is 7.11. The van der Waals surface area contributed by atoms with Gasteiger partial charge in [-0.05, 0) is 6.07 Å². The monoisotopic (exact) mass is 224 g/mol. The number of hydrogen-bond donors (Lipinski definition) is 2. The van der Waals surface area contributed by atoms with Gasteiger partial charge in [0.2, 0.25) is 5.88 Å². The van der Waals surface area contributed by atoms with Gasteiger partial charge >= 0.3 is 0 Å². The Morgan fingerprint density at radius 1 is 1.53 bits per heavy atom. The zero-order chi connectivity index (χ0) is 10.8. The van der Waals surface area contributed by atoms with E-state index in [2.05, 4.69) is 15.2 Å². The van der Waals surface area contributed by atoms with Crippen LogP contribution in [0.2, 0.25) is 5.02 Å². The van der Waals surface area contributed by atoms with E-state index in [-0.39, 0.29) is 0 Å². The highest BCUT2D eigenvalue weighted by Crippen LogP contribution is 2.33. The second-order valence-electron chi connectivity index (χ2n) is 2.88. The molecule has 2 rings (SSSR count).